The molecule has 176 valence electrons. The Morgan fingerprint density at radius 2 is 1.62 bits per heavy atom. The van der Waals surface area contributed by atoms with Gasteiger partial charge in [0.1, 0.15) is 17.4 Å². The number of piperazine rings is 1. The van der Waals surface area contributed by atoms with Crippen molar-refractivity contribution >= 4 is 11.1 Å². The van der Waals surface area contributed by atoms with E-state index >= 15 is 0 Å². The molecule has 0 atom stereocenters. The maximum atomic E-state index is 14.1. The number of nitrogens with one attached hydrogen (secondary N) is 1. The minimum atomic E-state index is -0.566. The first kappa shape index (κ1) is 22.8. The van der Waals surface area contributed by atoms with Crippen molar-refractivity contribution < 1.29 is 13.5 Å². The van der Waals surface area contributed by atoms with Gasteiger partial charge in [-0.2, -0.15) is 0 Å². The topological polar surface area (TPSA) is 24.5 Å². The van der Waals surface area contributed by atoms with Crippen LogP contribution in [0.5, 0.6) is 5.75 Å². The fraction of sp³-hybridized carbons (Fsp3) is 0.310. The van der Waals surface area contributed by atoms with Crippen LogP contribution < -0.4 is 10.1 Å². The van der Waals surface area contributed by atoms with Crippen molar-refractivity contribution in [2.45, 2.75) is 19.8 Å². The second-order valence-electron chi connectivity index (χ2n) is 9.17. The summed E-state index contributed by atoms with van der Waals surface area (Å²) in [6, 6.07) is 18.1. The predicted octanol–water partition coefficient (Wildman–Crippen LogP) is 5.46. The van der Waals surface area contributed by atoms with Crippen LogP contribution in [-0.4, -0.2) is 44.2 Å². The first-order chi connectivity index (χ1) is 16.6. The van der Waals surface area contributed by atoms with Crippen molar-refractivity contribution in [3.05, 3.63) is 100 Å². The van der Waals surface area contributed by atoms with Crippen molar-refractivity contribution in [2.24, 2.45) is 0 Å². The third-order valence-corrected chi connectivity index (χ3v) is 6.66. The van der Waals surface area contributed by atoms with Crippen LogP contribution in [0.4, 0.5) is 8.78 Å². The maximum absolute atomic E-state index is 14.1. The van der Waals surface area contributed by atoms with Crippen LogP contribution in [-0.2, 0) is 6.42 Å². The Bertz CT molecular complexity index is 1180. The quantitative estimate of drug-likeness (QED) is 0.474. The van der Waals surface area contributed by atoms with E-state index in [-0.39, 0.29) is 0 Å². The summed E-state index contributed by atoms with van der Waals surface area (Å²) < 4.78 is 34.3. The fourth-order valence-electron chi connectivity index (χ4n) is 4.93. The van der Waals surface area contributed by atoms with E-state index in [1.165, 1.54) is 17.7 Å². The van der Waals surface area contributed by atoms with Crippen LogP contribution >= 0.6 is 0 Å². The molecule has 3 aromatic carbocycles. The van der Waals surface area contributed by atoms with Gasteiger partial charge in [-0.3, -0.25) is 0 Å². The summed E-state index contributed by atoms with van der Waals surface area (Å²) in [5.74, 6) is -0.290. The minimum absolute atomic E-state index is 0.566. The van der Waals surface area contributed by atoms with Crippen LogP contribution in [0.25, 0.3) is 11.1 Å². The van der Waals surface area contributed by atoms with Gasteiger partial charge >= 0.3 is 0 Å². The van der Waals surface area contributed by atoms with Crippen molar-refractivity contribution in [3.63, 3.8) is 0 Å². The third-order valence-electron chi connectivity index (χ3n) is 6.66. The molecule has 34 heavy (non-hydrogen) atoms. The Morgan fingerprint density at radius 1 is 0.882 bits per heavy atom. The largest absolute Gasteiger partial charge is 0.494 e. The van der Waals surface area contributed by atoms with Gasteiger partial charge in [-0.25, -0.2) is 8.78 Å². The minimum Gasteiger partial charge on any atom is -0.494 e. The molecule has 1 aliphatic carbocycles. The number of aryl methyl sites for hydroxylation is 1. The highest BCUT2D eigenvalue weighted by Gasteiger charge is 2.25. The number of benzene rings is 3. The van der Waals surface area contributed by atoms with E-state index in [4.69, 9.17) is 4.74 Å². The lowest BCUT2D eigenvalue weighted by Crippen LogP contribution is -2.43. The summed E-state index contributed by atoms with van der Waals surface area (Å²) in [4.78, 5) is 2.46. The molecule has 1 N–H and O–H groups in total. The average Bonchev–Trinajstić information content (AvgIpc) is 3.21. The zero-order valence-corrected chi connectivity index (χ0v) is 19.5. The molecule has 0 saturated carbocycles. The van der Waals surface area contributed by atoms with E-state index < -0.39 is 11.6 Å². The monoisotopic (exact) mass is 460 g/mol. The van der Waals surface area contributed by atoms with Crippen LogP contribution in [0, 0.1) is 18.6 Å². The summed E-state index contributed by atoms with van der Waals surface area (Å²) in [6.45, 7) is 8.06. The molecule has 0 bridgehead atoms. The summed E-state index contributed by atoms with van der Waals surface area (Å²) in [5, 5.41) is 3.38. The first-order valence-corrected chi connectivity index (χ1v) is 12.0. The lowest BCUT2D eigenvalue weighted by atomic mass is 9.94. The maximum Gasteiger partial charge on any atom is 0.126 e. The molecular formula is C29H30F2N2O. The summed E-state index contributed by atoms with van der Waals surface area (Å²) in [7, 11) is 0. The second kappa shape index (κ2) is 10.1. The first-order valence-electron chi connectivity index (χ1n) is 12.0. The molecule has 5 rings (SSSR count). The molecule has 1 fully saturated rings. The van der Waals surface area contributed by atoms with E-state index in [2.05, 4.69) is 47.5 Å². The Hall–Kier alpha value is -3.02. The van der Waals surface area contributed by atoms with E-state index in [1.807, 2.05) is 12.1 Å². The molecule has 2 aliphatic rings. The molecule has 0 amide bonds. The number of hydrogen-bond donors (Lipinski definition) is 1. The van der Waals surface area contributed by atoms with Gasteiger partial charge in [0.25, 0.3) is 0 Å². The van der Waals surface area contributed by atoms with Crippen molar-refractivity contribution in [1.82, 2.24) is 10.2 Å². The standard InChI is InChI=1S/C29H30F2N2O/c1-20-3-5-21(6-4-20)28-18-22-17-26(34-14-2-11-33-12-9-32-10-13-33)7-8-27(22)29(28)23-15-24(30)19-25(31)16-23/h3-8,15-17,19,32H,2,9-14,18H2,1H3. The molecule has 5 heteroatoms. The lowest BCUT2D eigenvalue weighted by molar-refractivity contribution is 0.214. The summed E-state index contributed by atoms with van der Waals surface area (Å²) in [5.41, 5.74) is 6.91. The molecule has 0 spiro atoms. The molecule has 1 aliphatic heterocycles. The highest BCUT2D eigenvalue weighted by molar-refractivity contribution is 6.03. The fourth-order valence-corrected chi connectivity index (χ4v) is 4.93. The summed E-state index contributed by atoms with van der Waals surface area (Å²) >= 11 is 0. The number of fused-ring (bicyclic) bond motifs is 1. The molecule has 1 heterocycles. The second-order valence-corrected chi connectivity index (χ2v) is 9.17. The number of hydrogen-bond acceptors (Lipinski definition) is 3. The van der Waals surface area contributed by atoms with E-state index in [1.54, 1.807) is 0 Å². The van der Waals surface area contributed by atoms with Crippen LogP contribution in [0.3, 0.4) is 0 Å². The third kappa shape index (κ3) is 5.06. The van der Waals surface area contributed by atoms with Crippen molar-refractivity contribution in [3.8, 4) is 5.75 Å². The molecule has 0 unspecified atom stereocenters. The van der Waals surface area contributed by atoms with Crippen molar-refractivity contribution in [2.75, 3.05) is 39.3 Å². The number of ether oxygens (including phenoxy) is 1. The highest BCUT2D eigenvalue weighted by atomic mass is 19.1. The normalized spacial score (nSPS) is 16.1. The molecule has 1 saturated heterocycles. The van der Waals surface area contributed by atoms with E-state index in [0.717, 1.165) is 78.8 Å². The Morgan fingerprint density at radius 3 is 2.35 bits per heavy atom. The Labute approximate surface area is 200 Å². The Balaban J connectivity index is 1.38. The van der Waals surface area contributed by atoms with E-state index in [9.17, 15) is 8.78 Å². The zero-order chi connectivity index (χ0) is 23.5. The molecular weight excluding hydrogens is 430 g/mol. The van der Waals surface area contributed by atoms with Gasteiger partial charge < -0.3 is 15.0 Å². The lowest BCUT2D eigenvalue weighted by Gasteiger charge is -2.26. The zero-order valence-electron chi connectivity index (χ0n) is 19.5. The number of allylic oxidation sites excluding steroid dienone is 1. The molecule has 3 aromatic rings. The number of halogens is 2. The van der Waals surface area contributed by atoms with Gasteiger partial charge in [-0.1, -0.05) is 35.9 Å². The smallest absolute Gasteiger partial charge is 0.126 e. The van der Waals surface area contributed by atoms with Gasteiger partial charge in [0.2, 0.25) is 0 Å². The molecule has 3 nitrogen and oxygen atoms in total. The van der Waals surface area contributed by atoms with Gasteiger partial charge in [0.15, 0.2) is 0 Å². The van der Waals surface area contributed by atoms with E-state index in [0.29, 0.717) is 18.6 Å². The highest BCUT2D eigenvalue weighted by Crippen LogP contribution is 2.43. The Kier molecular flexibility index (Phi) is 6.75. The number of rotatable bonds is 7. The van der Waals surface area contributed by atoms with Crippen LogP contribution in [0.1, 0.15) is 34.2 Å². The molecule has 0 radical (unpaired) electrons. The van der Waals surface area contributed by atoms with Gasteiger partial charge in [-0.05, 0) is 77.4 Å². The molecule has 0 aromatic heterocycles. The van der Waals surface area contributed by atoms with Crippen LogP contribution in [0.2, 0.25) is 0 Å². The average molecular weight is 461 g/mol. The predicted molar refractivity (Wildman–Crippen MR) is 133 cm³/mol. The van der Waals surface area contributed by atoms with Gasteiger partial charge in [0, 0.05) is 38.8 Å². The van der Waals surface area contributed by atoms with Gasteiger partial charge in [-0.15, -0.1) is 0 Å². The SMILES string of the molecule is Cc1ccc(C2=C(c3cc(F)cc(F)c3)c3ccc(OCCCN4CCNCC4)cc3C2)cc1. The van der Waals surface area contributed by atoms with Gasteiger partial charge in [0.05, 0.1) is 6.61 Å². The summed E-state index contributed by atoms with van der Waals surface area (Å²) in [6.07, 6.45) is 1.68. The van der Waals surface area contributed by atoms with Crippen molar-refractivity contribution in [1.29, 1.82) is 0 Å². The number of nitrogens with zero attached hydrogens (tertiary/aromatic N) is 1. The van der Waals surface area contributed by atoms with Crippen LogP contribution in [0.15, 0.2) is 60.7 Å².